The fraction of sp³-hybridized carbons (Fsp3) is 1.00. The third-order valence-electron chi connectivity index (χ3n) is 3.29. The molecule has 76 valence electrons. The zero-order valence-electron chi connectivity index (χ0n) is 8.93. The fourth-order valence-electron chi connectivity index (χ4n) is 2.33. The summed E-state index contributed by atoms with van der Waals surface area (Å²) in [6, 6.07) is 1.39. The highest BCUT2D eigenvalue weighted by Crippen LogP contribution is 2.21. The van der Waals surface area contributed by atoms with Crippen LogP contribution >= 0.6 is 0 Å². The number of hydrogen-bond donors (Lipinski definition) is 2. The Hall–Kier alpha value is -0.120. The lowest BCUT2D eigenvalue weighted by atomic mass is 9.95. The highest BCUT2D eigenvalue weighted by Gasteiger charge is 2.35. The summed E-state index contributed by atoms with van der Waals surface area (Å²) in [6.45, 7) is 10.3. The fourth-order valence-corrected chi connectivity index (χ4v) is 2.33. The van der Waals surface area contributed by atoms with E-state index >= 15 is 0 Å². The molecular weight excluding hydrogens is 162 g/mol. The van der Waals surface area contributed by atoms with Gasteiger partial charge >= 0.3 is 0 Å². The quantitative estimate of drug-likeness (QED) is 0.568. The van der Waals surface area contributed by atoms with Crippen LogP contribution in [0.5, 0.6) is 0 Å². The molecule has 2 rings (SSSR count). The van der Waals surface area contributed by atoms with Crippen molar-refractivity contribution in [2.75, 3.05) is 19.8 Å². The third kappa shape index (κ3) is 1.87. The number of nitrogens with zero attached hydrogens (tertiary/aromatic N) is 1. The summed E-state index contributed by atoms with van der Waals surface area (Å²) in [5.41, 5.74) is 0.329. The first-order valence-electron chi connectivity index (χ1n) is 5.29. The maximum Gasteiger partial charge on any atom is 0.0460 e. The van der Waals surface area contributed by atoms with E-state index in [-0.39, 0.29) is 0 Å². The molecule has 2 aliphatic heterocycles. The predicted octanol–water partition coefficient (Wildman–Crippen LogP) is 0.378. The SMILES string of the molecule is CC(C)(C)N1CCC2NCNC2C1. The topological polar surface area (TPSA) is 27.3 Å². The number of rotatable bonds is 0. The van der Waals surface area contributed by atoms with Crippen LogP contribution in [0.2, 0.25) is 0 Å². The molecule has 2 aliphatic rings. The second kappa shape index (κ2) is 3.23. The van der Waals surface area contributed by atoms with Crippen LogP contribution in [0.15, 0.2) is 0 Å². The first-order chi connectivity index (χ1) is 6.07. The van der Waals surface area contributed by atoms with E-state index < -0.39 is 0 Å². The summed E-state index contributed by atoms with van der Waals surface area (Å²) < 4.78 is 0. The van der Waals surface area contributed by atoms with Crippen molar-refractivity contribution >= 4 is 0 Å². The van der Waals surface area contributed by atoms with Gasteiger partial charge in [-0.05, 0) is 27.2 Å². The van der Waals surface area contributed by atoms with Gasteiger partial charge in [-0.3, -0.25) is 10.2 Å². The molecule has 3 heteroatoms. The van der Waals surface area contributed by atoms with Gasteiger partial charge < -0.3 is 5.32 Å². The Labute approximate surface area is 80.9 Å². The van der Waals surface area contributed by atoms with Crippen LogP contribution in [-0.4, -0.2) is 42.3 Å². The van der Waals surface area contributed by atoms with Crippen LogP contribution < -0.4 is 10.6 Å². The van der Waals surface area contributed by atoms with E-state index in [0.29, 0.717) is 11.6 Å². The van der Waals surface area contributed by atoms with E-state index in [1.807, 2.05) is 0 Å². The molecule has 0 aromatic rings. The molecule has 0 radical (unpaired) electrons. The molecule has 2 N–H and O–H groups in total. The van der Waals surface area contributed by atoms with Crippen LogP contribution in [0.1, 0.15) is 27.2 Å². The maximum atomic E-state index is 3.51. The predicted molar refractivity (Wildman–Crippen MR) is 54.7 cm³/mol. The van der Waals surface area contributed by atoms with Gasteiger partial charge in [-0.2, -0.15) is 0 Å². The molecule has 2 atom stereocenters. The number of likely N-dealkylation sites (tertiary alicyclic amines) is 1. The number of nitrogens with one attached hydrogen (secondary N) is 2. The van der Waals surface area contributed by atoms with Gasteiger partial charge in [0.05, 0.1) is 0 Å². The molecule has 0 bridgehead atoms. The van der Waals surface area contributed by atoms with Gasteiger partial charge in [-0.15, -0.1) is 0 Å². The molecule has 0 amide bonds. The minimum absolute atomic E-state index is 0.329. The van der Waals surface area contributed by atoms with Crippen molar-refractivity contribution < 1.29 is 0 Å². The van der Waals surface area contributed by atoms with Crippen molar-refractivity contribution in [2.45, 2.75) is 44.8 Å². The Balaban J connectivity index is 1.97. The lowest BCUT2D eigenvalue weighted by molar-refractivity contribution is 0.0891. The van der Waals surface area contributed by atoms with Gasteiger partial charge in [0.2, 0.25) is 0 Å². The first-order valence-corrected chi connectivity index (χ1v) is 5.29. The molecule has 2 fully saturated rings. The van der Waals surface area contributed by atoms with Crippen LogP contribution in [0, 0.1) is 0 Å². The van der Waals surface area contributed by atoms with E-state index in [1.165, 1.54) is 19.5 Å². The van der Waals surface area contributed by atoms with E-state index in [1.54, 1.807) is 0 Å². The minimum Gasteiger partial charge on any atom is -0.300 e. The van der Waals surface area contributed by atoms with Gasteiger partial charge in [0.1, 0.15) is 0 Å². The zero-order chi connectivity index (χ0) is 9.47. The zero-order valence-corrected chi connectivity index (χ0v) is 8.93. The van der Waals surface area contributed by atoms with Crippen molar-refractivity contribution in [3.05, 3.63) is 0 Å². The van der Waals surface area contributed by atoms with Crippen molar-refractivity contribution in [1.29, 1.82) is 0 Å². The van der Waals surface area contributed by atoms with Crippen molar-refractivity contribution in [3.63, 3.8) is 0 Å². The van der Waals surface area contributed by atoms with Gasteiger partial charge in [-0.25, -0.2) is 0 Å². The average molecular weight is 183 g/mol. The van der Waals surface area contributed by atoms with Gasteiger partial charge in [0.25, 0.3) is 0 Å². The second-order valence-corrected chi connectivity index (χ2v) is 5.20. The molecule has 2 saturated heterocycles. The highest BCUT2D eigenvalue weighted by molar-refractivity contribution is 4.96. The van der Waals surface area contributed by atoms with Crippen LogP contribution in [-0.2, 0) is 0 Å². The minimum atomic E-state index is 0.329. The van der Waals surface area contributed by atoms with Gasteiger partial charge in [0.15, 0.2) is 0 Å². The molecule has 0 spiro atoms. The van der Waals surface area contributed by atoms with Crippen LogP contribution in [0.3, 0.4) is 0 Å². The van der Waals surface area contributed by atoms with Crippen LogP contribution in [0.25, 0.3) is 0 Å². The molecule has 3 nitrogen and oxygen atoms in total. The summed E-state index contributed by atoms with van der Waals surface area (Å²) in [5.74, 6) is 0. The summed E-state index contributed by atoms with van der Waals surface area (Å²) in [6.07, 6.45) is 1.29. The molecule has 0 saturated carbocycles. The van der Waals surface area contributed by atoms with E-state index in [2.05, 4.69) is 36.3 Å². The summed E-state index contributed by atoms with van der Waals surface area (Å²) in [4.78, 5) is 2.58. The molecule has 0 aromatic carbocycles. The molecule has 13 heavy (non-hydrogen) atoms. The van der Waals surface area contributed by atoms with Gasteiger partial charge in [-0.1, -0.05) is 0 Å². The molecule has 0 aliphatic carbocycles. The maximum absolute atomic E-state index is 3.51. The van der Waals surface area contributed by atoms with E-state index in [4.69, 9.17) is 0 Å². The Morgan fingerprint density at radius 3 is 2.54 bits per heavy atom. The smallest absolute Gasteiger partial charge is 0.0460 e. The second-order valence-electron chi connectivity index (χ2n) is 5.20. The Morgan fingerprint density at radius 1 is 1.15 bits per heavy atom. The molecule has 0 aromatic heterocycles. The Morgan fingerprint density at radius 2 is 1.85 bits per heavy atom. The molecular formula is C10H21N3. The number of fused-ring (bicyclic) bond motifs is 1. The van der Waals surface area contributed by atoms with Crippen molar-refractivity contribution in [1.82, 2.24) is 15.5 Å². The lowest BCUT2D eigenvalue weighted by Crippen LogP contribution is -2.56. The number of hydrogen-bond acceptors (Lipinski definition) is 3. The van der Waals surface area contributed by atoms with Crippen LogP contribution in [0.4, 0.5) is 0 Å². The van der Waals surface area contributed by atoms with Gasteiger partial charge in [0, 0.05) is 37.4 Å². The van der Waals surface area contributed by atoms with E-state index in [0.717, 1.165) is 12.7 Å². The normalized spacial score (nSPS) is 36.2. The largest absolute Gasteiger partial charge is 0.300 e. The average Bonchev–Trinajstić information content (AvgIpc) is 2.47. The Bertz CT molecular complexity index is 185. The Kier molecular flexibility index (Phi) is 2.34. The molecule has 2 heterocycles. The standard InChI is InChI=1S/C10H21N3/c1-10(2,3)13-5-4-8-9(6-13)12-7-11-8/h8-9,11-12H,4-7H2,1-3H3. The summed E-state index contributed by atoms with van der Waals surface area (Å²) >= 11 is 0. The third-order valence-corrected chi connectivity index (χ3v) is 3.29. The number of piperidine rings is 1. The van der Waals surface area contributed by atoms with E-state index in [9.17, 15) is 0 Å². The van der Waals surface area contributed by atoms with Crippen molar-refractivity contribution in [3.8, 4) is 0 Å². The first kappa shape index (κ1) is 9.44. The molecule has 2 unspecified atom stereocenters. The summed E-state index contributed by atoms with van der Waals surface area (Å²) in [5, 5.41) is 7.00. The summed E-state index contributed by atoms with van der Waals surface area (Å²) in [7, 11) is 0. The highest BCUT2D eigenvalue weighted by atomic mass is 15.3. The van der Waals surface area contributed by atoms with Crippen molar-refractivity contribution in [2.24, 2.45) is 0 Å². The lowest BCUT2D eigenvalue weighted by Gasteiger charge is -2.42. The monoisotopic (exact) mass is 183 g/mol.